The van der Waals surface area contributed by atoms with Gasteiger partial charge in [-0.25, -0.2) is 4.79 Å². The second-order valence-corrected chi connectivity index (χ2v) is 8.13. The Morgan fingerprint density at radius 2 is 1.64 bits per heavy atom. The Labute approximate surface area is 139 Å². The van der Waals surface area contributed by atoms with Crippen LogP contribution in [0, 0.1) is 13.8 Å². The van der Waals surface area contributed by atoms with Crippen LogP contribution in [0.1, 0.15) is 23.6 Å². The number of rotatable bonds is 3. The van der Waals surface area contributed by atoms with Gasteiger partial charge in [-0.05, 0) is 44.0 Å². The molecule has 0 radical (unpaired) electrons. The van der Waals surface area contributed by atoms with Gasteiger partial charge in [0.05, 0.1) is 6.61 Å². The Bertz CT molecular complexity index is 710. The zero-order valence-electron chi connectivity index (χ0n) is 12.9. The van der Waals surface area contributed by atoms with Gasteiger partial charge in [-0.2, -0.15) is 0 Å². The molecule has 1 atom stereocenters. The molecule has 4 heteroatoms. The van der Waals surface area contributed by atoms with Crippen LogP contribution in [-0.4, -0.2) is 12.6 Å². The van der Waals surface area contributed by atoms with E-state index in [0.717, 1.165) is 15.4 Å². The van der Waals surface area contributed by atoms with Gasteiger partial charge in [0.1, 0.15) is 0 Å². The van der Waals surface area contributed by atoms with E-state index in [1.807, 2.05) is 38.1 Å². The van der Waals surface area contributed by atoms with E-state index in [9.17, 15) is 4.79 Å². The summed E-state index contributed by atoms with van der Waals surface area (Å²) in [6, 6.07) is 14.5. The third kappa shape index (κ3) is 2.66. The van der Waals surface area contributed by atoms with Gasteiger partial charge in [-0.3, -0.25) is 0 Å². The van der Waals surface area contributed by atoms with Crippen molar-refractivity contribution >= 4 is 29.5 Å². The summed E-state index contributed by atoms with van der Waals surface area (Å²) in [7, 11) is 0. The van der Waals surface area contributed by atoms with Gasteiger partial charge < -0.3 is 4.74 Å². The molecule has 0 saturated heterocycles. The van der Waals surface area contributed by atoms with Crippen molar-refractivity contribution in [2.45, 2.75) is 34.6 Å². The third-order valence-electron chi connectivity index (χ3n) is 3.58. The van der Waals surface area contributed by atoms with Crippen molar-refractivity contribution in [1.29, 1.82) is 0 Å². The number of benzene rings is 2. The van der Waals surface area contributed by atoms with Crippen molar-refractivity contribution in [1.82, 2.24) is 0 Å². The summed E-state index contributed by atoms with van der Waals surface area (Å²) >= 11 is 3.18. The van der Waals surface area contributed by atoms with Gasteiger partial charge in [-0.1, -0.05) is 59.4 Å². The first-order valence-electron chi connectivity index (χ1n) is 7.28. The van der Waals surface area contributed by atoms with Crippen LogP contribution >= 0.6 is 23.5 Å². The van der Waals surface area contributed by atoms with E-state index in [-0.39, 0.29) is 5.97 Å². The molecule has 1 aliphatic rings. The normalized spacial score (nSPS) is 19.8. The Morgan fingerprint density at radius 3 is 2.32 bits per heavy atom. The maximum absolute atomic E-state index is 12.7. The van der Waals surface area contributed by atoms with Gasteiger partial charge >= 0.3 is 5.97 Å². The first kappa shape index (κ1) is 15.5. The molecule has 0 saturated carbocycles. The van der Waals surface area contributed by atoms with E-state index in [1.165, 1.54) is 11.1 Å². The molecule has 0 aromatic heterocycles. The number of hydrogen-bond donors (Lipinski definition) is 0. The number of aryl methyl sites for hydroxylation is 2. The molecule has 2 aromatic rings. The van der Waals surface area contributed by atoms with Crippen LogP contribution in [0.25, 0.3) is 0 Å². The molecule has 114 valence electrons. The number of ether oxygens (including phenoxy) is 1. The largest absolute Gasteiger partial charge is 0.464 e. The van der Waals surface area contributed by atoms with E-state index in [4.69, 9.17) is 4.74 Å². The number of carbonyl (C=O) groups is 1. The Hall–Kier alpha value is -1.39. The molecule has 1 aliphatic heterocycles. The van der Waals surface area contributed by atoms with Gasteiger partial charge in [0.15, 0.2) is 4.08 Å². The van der Waals surface area contributed by atoms with Crippen LogP contribution < -0.4 is 0 Å². The summed E-state index contributed by atoms with van der Waals surface area (Å²) < 4.78 is 4.66. The molecule has 1 heterocycles. The molecule has 0 fully saturated rings. The molecular weight excluding hydrogens is 312 g/mol. The van der Waals surface area contributed by atoms with Gasteiger partial charge in [0.25, 0.3) is 0 Å². The van der Waals surface area contributed by atoms with Crippen LogP contribution in [0.3, 0.4) is 0 Å². The Kier molecular flexibility index (Phi) is 4.24. The van der Waals surface area contributed by atoms with E-state index < -0.39 is 4.08 Å². The van der Waals surface area contributed by atoms with Crippen molar-refractivity contribution in [3.8, 4) is 0 Å². The number of hydrogen-bond acceptors (Lipinski definition) is 4. The van der Waals surface area contributed by atoms with Crippen LogP contribution in [0.5, 0.6) is 0 Å². The average Bonchev–Trinajstić information content (AvgIpc) is 2.88. The van der Waals surface area contributed by atoms with Crippen molar-refractivity contribution in [2.24, 2.45) is 0 Å². The standard InChI is InChI=1S/C18H18O2S2/c1-4-20-17(19)18(14-8-5-12(2)6-9-14)21-15-10-7-13(3)11-16(15)22-18/h5-11H,4H2,1-3H3. The maximum atomic E-state index is 12.7. The van der Waals surface area contributed by atoms with Gasteiger partial charge in [0, 0.05) is 9.79 Å². The summed E-state index contributed by atoms with van der Waals surface area (Å²) in [5.41, 5.74) is 3.37. The molecule has 0 bridgehead atoms. The highest BCUT2D eigenvalue weighted by molar-refractivity contribution is 8.21. The average molecular weight is 330 g/mol. The lowest BCUT2D eigenvalue weighted by molar-refractivity contribution is -0.143. The Morgan fingerprint density at radius 1 is 1.00 bits per heavy atom. The molecule has 3 rings (SSSR count). The lowest BCUT2D eigenvalue weighted by atomic mass is 10.1. The van der Waals surface area contributed by atoms with Crippen molar-refractivity contribution < 1.29 is 9.53 Å². The number of fused-ring (bicyclic) bond motifs is 1. The van der Waals surface area contributed by atoms with Gasteiger partial charge in [-0.15, -0.1) is 0 Å². The predicted octanol–water partition coefficient (Wildman–Crippen LogP) is 4.92. The SMILES string of the molecule is CCOC(=O)C1(c2ccc(C)cc2)Sc2ccc(C)cc2S1. The van der Waals surface area contributed by atoms with E-state index >= 15 is 0 Å². The molecule has 0 spiro atoms. The lowest BCUT2D eigenvalue weighted by Crippen LogP contribution is -2.29. The second kappa shape index (κ2) is 6.01. The molecule has 0 amide bonds. The van der Waals surface area contributed by atoms with Crippen LogP contribution in [0.15, 0.2) is 52.3 Å². The summed E-state index contributed by atoms with van der Waals surface area (Å²) in [5, 5.41) is 0. The quantitative estimate of drug-likeness (QED) is 0.746. The van der Waals surface area contributed by atoms with Crippen molar-refractivity contribution in [3.05, 3.63) is 59.2 Å². The summed E-state index contributed by atoms with van der Waals surface area (Å²) in [4.78, 5) is 15.0. The van der Waals surface area contributed by atoms with E-state index in [1.54, 1.807) is 23.5 Å². The topological polar surface area (TPSA) is 26.3 Å². The predicted molar refractivity (Wildman–Crippen MR) is 92.4 cm³/mol. The zero-order valence-corrected chi connectivity index (χ0v) is 14.5. The molecule has 1 unspecified atom stereocenters. The summed E-state index contributed by atoms with van der Waals surface area (Å²) in [6.45, 7) is 6.36. The number of thioether (sulfide) groups is 2. The molecule has 2 nitrogen and oxygen atoms in total. The fourth-order valence-corrected chi connectivity index (χ4v) is 5.50. The minimum absolute atomic E-state index is 0.178. The molecule has 0 aliphatic carbocycles. The minimum atomic E-state index is -0.736. The Balaban J connectivity index is 2.07. The van der Waals surface area contributed by atoms with E-state index in [2.05, 4.69) is 25.1 Å². The number of carbonyl (C=O) groups excluding carboxylic acids is 1. The fourth-order valence-electron chi connectivity index (χ4n) is 2.43. The smallest absolute Gasteiger partial charge is 0.337 e. The molecule has 0 N–H and O–H groups in total. The van der Waals surface area contributed by atoms with Crippen LogP contribution in [-0.2, 0) is 13.6 Å². The first-order chi connectivity index (χ1) is 10.5. The minimum Gasteiger partial charge on any atom is -0.464 e. The van der Waals surface area contributed by atoms with Crippen LogP contribution in [0.2, 0.25) is 0 Å². The molecule has 22 heavy (non-hydrogen) atoms. The third-order valence-corrected chi connectivity index (χ3v) is 6.72. The second-order valence-electron chi connectivity index (χ2n) is 5.36. The fraction of sp³-hybridized carbons (Fsp3) is 0.278. The van der Waals surface area contributed by atoms with Crippen molar-refractivity contribution in [2.75, 3.05) is 6.61 Å². The highest BCUT2D eigenvalue weighted by Crippen LogP contribution is 2.61. The lowest BCUT2D eigenvalue weighted by Gasteiger charge is -2.25. The van der Waals surface area contributed by atoms with E-state index in [0.29, 0.717) is 6.61 Å². The zero-order chi connectivity index (χ0) is 15.7. The van der Waals surface area contributed by atoms with Crippen molar-refractivity contribution in [3.63, 3.8) is 0 Å². The number of esters is 1. The van der Waals surface area contributed by atoms with Gasteiger partial charge in [0.2, 0.25) is 0 Å². The van der Waals surface area contributed by atoms with Crippen LogP contribution in [0.4, 0.5) is 0 Å². The highest BCUT2D eigenvalue weighted by Gasteiger charge is 2.49. The highest BCUT2D eigenvalue weighted by atomic mass is 32.2. The molecule has 2 aromatic carbocycles. The summed E-state index contributed by atoms with van der Waals surface area (Å²) in [6.07, 6.45) is 0. The maximum Gasteiger partial charge on any atom is 0.337 e. The summed E-state index contributed by atoms with van der Waals surface area (Å²) in [5.74, 6) is -0.178. The molecular formula is C18H18O2S2. The first-order valence-corrected chi connectivity index (χ1v) is 8.91. The monoisotopic (exact) mass is 330 g/mol.